The van der Waals surface area contributed by atoms with Crippen molar-refractivity contribution in [3.05, 3.63) is 0 Å². The van der Waals surface area contributed by atoms with Crippen molar-refractivity contribution in [2.75, 3.05) is 27.3 Å². The summed E-state index contributed by atoms with van der Waals surface area (Å²) in [6.07, 6.45) is 3.66. The zero-order valence-corrected chi connectivity index (χ0v) is 9.03. The lowest BCUT2D eigenvalue weighted by atomic mass is 10.0. The van der Waals surface area contributed by atoms with Crippen LogP contribution >= 0.6 is 0 Å². The van der Waals surface area contributed by atoms with Crippen LogP contribution in [0, 0.1) is 17.8 Å². The summed E-state index contributed by atoms with van der Waals surface area (Å²) in [5, 5.41) is 0. The maximum atomic E-state index is 11.9. The van der Waals surface area contributed by atoms with Crippen LogP contribution in [0.4, 0.5) is 0 Å². The second-order valence-electron chi connectivity index (χ2n) is 4.68. The van der Waals surface area contributed by atoms with Gasteiger partial charge in [0.25, 0.3) is 0 Å². The molecule has 2 aliphatic rings. The smallest absolute Gasteiger partial charge is 0.225 e. The molecule has 80 valence electrons. The molecule has 1 amide bonds. The first-order chi connectivity index (χ1) is 6.72. The number of hydrogen-bond donors (Lipinski definition) is 0. The van der Waals surface area contributed by atoms with E-state index < -0.39 is 0 Å². The van der Waals surface area contributed by atoms with Gasteiger partial charge in [-0.3, -0.25) is 4.79 Å². The van der Waals surface area contributed by atoms with Crippen LogP contribution in [0.3, 0.4) is 0 Å². The van der Waals surface area contributed by atoms with Gasteiger partial charge in [-0.15, -0.1) is 0 Å². The summed E-state index contributed by atoms with van der Waals surface area (Å²) in [6, 6.07) is 0. The van der Waals surface area contributed by atoms with Gasteiger partial charge in [0.05, 0.1) is 6.61 Å². The predicted octanol–water partition coefficient (Wildman–Crippen LogP) is 1.14. The number of nitrogens with zero attached hydrogens (tertiary/aromatic N) is 1. The third-order valence-electron chi connectivity index (χ3n) is 3.60. The second-order valence-corrected chi connectivity index (χ2v) is 4.68. The van der Waals surface area contributed by atoms with Gasteiger partial charge in [-0.2, -0.15) is 0 Å². The summed E-state index contributed by atoms with van der Waals surface area (Å²) in [5.74, 6) is 2.43. The van der Waals surface area contributed by atoms with Crippen LogP contribution in [0.5, 0.6) is 0 Å². The van der Waals surface area contributed by atoms with Gasteiger partial charge in [0.2, 0.25) is 5.91 Å². The lowest BCUT2D eigenvalue weighted by Gasteiger charge is -2.21. The third kappa shape index (κ3) is 1.92. The van der Waals surface area contributed by atoms with Gasteiger partial charge >= 0.3 is 0 Å². The third-order valence-corrected chi connectivity index (χ3v) is 3.60. The molecule has 0 aromatic heterocycles. The highest BCUT2D eigenvalue weighted by Gasteiger charge is 2.48. The summed E-state index contributed by atoms with van der Waals surface area (Å²) in [6.45, 7) is 1.36. The molecule has 3 heteroatoms. The van der Waals surface area contributed by atoms with E-state index in [1.165, 1.54) is 6.42 Å². The summed E-state index contributed by atoms with van der Waals surface area (Å²) in [4.78, 5) is 13.7. The Morgan fingerprint density at radius 2 is 2.00 bits per heavy atom. The van der Waals surface area contributed by atoms with E-state index >= 15 is 0 Å². The van der Waals surface area contributed by atoms with E-state index in [4.69, 9.17) is 4.74 Å². The van der Waals surface area contributed by atoms with Crippen molar-refractivity contribution < 1.29 is 9.53 Å². The van der Waals surface area contributed by atoms with Crippen molar-refractivity contribution in [2.24, 2.45) is 17.8 Å². The van der Waals surface area contributed by atoms with Crippen LogP contribution in [-0.4, -0.2) is 38.1 Å². The monoisotopic (exact) mass is 197 g/mol. The molecule has 0 N–H and O–H groups in total. The molecular weight excluding hydrogens is 178 g/mol. The highest BCUT2D eigenvalue weighted by Crippen LogP contribution is 2.54. The largest absolute Gasteiger partial charge is 0.383 e. The van der Waals surface area contributed by atoms with E-state index in [2.05, 4.69) is 0 Å². The van der Waals surface area contributed by atoms with E-state index in [0.29, 0.717) is 18.4 Å². The zero-order chi connectivity index (χ0) is 10.1. The van der Waals surface area contributed by atoms with Crippen molar-refractivity contribution in [3.63, 3.8) is 0 Å². The first-order valence-corrected chi connectivity index (χ1v) is 5.46. The van der Waals surface area contributed by atoms with E-state index in [1.807, 2.05) is 11.9 Å². The molecule has 2 rings (SSSR count). The minimum absolute atomic E-state index is 0.320. The Labute approximate surface area is 85.4 Å². The van der Waals surface area contributed by atoms with Crippen molar-refractivity contribution in [3.8, 4) is 0 Å². The van der Waals surface area contributed by atoms with Crippen molar-refractivity contribution in [1.82, 2.24) is 4.90 Å². The van der Waals surface area contributed by atoms with Crippen molar-refractivity contribution >= 4 is 5.91 Å². The highest BCUT2D eigenvalue weighted by molar-refractivity contribution is 5.79. The van der Waals surface area contributed by atoms with E-state index in [-0.39, 0.29) is 0 Å². The Hall–Kier alpha value is -0.570. The van der Waals surface area contributed by atoms with Gasteiger partial charge in [-0.05, 0) is 31.1 Å². The topological polar surface area (TPSA) is 29.5 Å². The molecule has 2 unspecified atom stereocenters. The molecule has 2 aliphatic carbocycles. The van der Waals surface area contributed by atoms with Crippen molar-refractivity contribution in [1.29, 1.82) is 0 Å². The molecule has 14 heavy (non-hydrogen) atoms. The lowest BCUT2D eigenvalue weighted by molar-refractivity contribution is -0.134. The van der Waals surface area contributed by atoms with Crippen molar-refractivity contribution in [2.45, 2.75) is 19.3 Å². The average molecular weight is 197 g/mol. The van der Waals surface area contributed by atoms with Crippen LogP contribution in [0.15, 0.2) is 0 Å². The van der Waals surface area contributed by atoms with Gasteiger partial charge in [-0.1, -0.05) is 0 Å². The molecule has 0 aliphatic heterocycles. The normalized spacial score (nSPS) is 34.0. The minimum Gasteiger partial charge on any atom is -0.383 e. The SMILES string of the molecule is COCCN(C)C(=O)C1CC2CC2C1. The van der Waals surface area contributed by atoms with Crippen LogP contribution < -0.4 is 0 Å². The molecule has 0 spiro atoms. The average Bonchev–Trinajstić information content (AvgIpc) is 2.81. The molecule has 0 heterocycles. The Bertz CT molecular complexity index is 219. The molecule has 3 nitrogen and oxygen atoms in total. The van der Waals surface area contributed by atoms with Gasteiger partial charge in [-0.25, -0.2) is 0 Å². The molecule has 2 fully saturated rings. The van der Waals surface area contributed by atoms with E-state index in [9.17, 15) is 4.79 Å². The summed E-state index contributed by atoms with van der Waals surface area (Å²) >= 11 is 0. The Balaban J connectivity index is 1.76. The van der Waals surface area contributed by atoms with E-state index in [1.54, 1.807) is 7.11 Å². The number of carbonyl (C=O) groups excluding carboxylic acids is 1. The number of rotatable bonds is 4. The van der Waals surface area contributed by atoms with Gasteiger partial charge in [0, 0.05) is 26.6 Å². The van der Waals surface area contributed by atoms with E-state index in [0.717, 1.165) is 31.2 Å². The van der Waals surface area contributed by atoms with Crippen LogP contribution in [0.2, 0.25) is 0 Å². The zero-order valence-electron chi connectivity index (χ0n) is 9.03. The summed E-state index contributed by atoms with van der Waals surface area (Å²) < 4.78 is 4.96. The van der Waals surface area contributed by atoms with Crippen LogP contribution in [-0.2, 0) is 9.53 Å². The quantitative estimate of drug-likeness (QED) is 0.676. The van der Waals surface area contributed by atoms with Gasteiger partial charge in [0.15, 0.2) is 0 Å². The summed E-state index contributed by atoms with van der Waals surface area (Å²) in [5.41, 5.74) is 0. The number of fused-ring (bicyclic) bond motifs is 1. The lowest BCUT2D eigenvalue weighted by Crippen LogP contribution is -2.34. The molecule has 0 aromatic carbocycles. The molecule has 0 bridgehead atoms. The molecule has 2 saturated carbocycles. The maximum Gasteiger partial charge on any atom is 0.225 e. The van der Waals surface area contributed by atoms with Gasteiger partial charge < -0.3 is 9.64 Å². The van der Waals surface area contributed by atoms with Crippen LogP contribution in [0.25, 0.3) is 0 Å². The Kier molecular flexibility index (Phi) is 2.77. The number of methoxy groups -OCH3 is 1. The second kappa shape index (κ2) is 3.89. The fourth-order valence-corrected chi connectivity index (χ4v) is 2.57. The molecule has 0 radical (unpaired) electrons. The Morgan fingerprint density at radius 3 is 2.57 bits per heavy atom. The fourth-order valence-electron chi connectivity index (χ4n) is 2.57. The highest BCUT2D eigenvalue weighted by atomic mass is 16.5. The number of ether oxygens (including phenoxy) is 1. The number of hydrogen-bond acceptors (Lipinski definition) is 2. The molecule has 0 saturated heterocycles. The molecule has 2 atom stereocenters. The first kappa shape index (κ1) is 9.97. The minimum atomic E-state index is 0.320. The summed E-state index contributed by atoms with van der Waals surface area (Å²) in [7, 11) is 3.55. The standard InChI is InChI=1S/C11H19NO2/c1-12(3-4-14-2)11(13)10-6-8-5-9(8)7-10/h8-10H,3-7H2,1-2H3. The molecular formula is C11H19NO2. The maximum absolute atomic E-state index is 11.9. The van der Waals surface area contributed by atoms with Crippen LogP contribution in [0.1, 0.15) is 19.3 Å². The number of likely N-dealkylation sites (N-methyl/N-ethyl adjacent to an activating group) is 1. The first-order valence-electron chi connectivity index (χ1n) is 5.46. The Morgan fingerprint density at radius 1 is 1.36 bits per heavy atom. The van der Waals surface area contributed by atoms with Gasteiger partial charge in [0.1, 0.15) is 0 Å². The fraction of sp³-hybridized carbons (Fsp3) is 0.909. The molecule has 0 aromatic rings. The predicted molar refractivity (Wildman–Crippen MR) is 53.8 cm³/mol. The number of amides is 1. The number of carbonyl (C=O) groups is 1.